The van der Waals surface area contributed by atoms with Crippen molar-refractivity contribution in [3.63, 3.8) is 0 Å². The summed E-state index contributed by atoms with van der Waals surface area (Å²) in [5.41, 5.74) is 0.815. The fourth-order valence-electron chi connectivity index (χ4n) is 2.92. The average Bonchev–Trinajstić information content (AvgIpc) is 2.91. The molecule has 1 aliphatic rings. The molecule has 0 spiro atoms. The van der Waals surface area contributed by atoms with Crippen molar-refractivity contribution in [2.24, 2.45) is 0 Å². The summed E-state index contributed by atoms with van der Waals surface area (Å²) < 4.78 is 0. The molecule has 2 rings (SSSR count). The van der Waals surface area contributed by atoms with Crippen LogP contribution in [0.2, 0.25) is 0 Å². The summed E-state index contributed by atoms with van der Waals surface area (Å²) in [5.74, 6) is -0.170. The van der Waals surface area contributed by atoms with Crippen LogP contribution in [0.15, 0.2) is 24.3 Å². The zero-order valence-corrected chi connectivity index (χ0v) is 13.3. The van der Waals surface area contributed by atoms with E-state index in [0.717, 1.165) is 31.2 Å². The topological polar surface area (TPSA) is 69.6 Å². The van der Waals surface area contributed by atoms with E-state index in [1.807, 2.05) is 12.1 Å². The molecule has 2 N–H and O–H groups in total. The van der Waals surface area contributed by atoms with Crippen LogP contribution in [-0.2, 0) is 11.3 Å². The number of hydrogen-bond donors (Lipinski definition) is 2. The quantitative estimate of drug-likeness (QED) is 0.870. The first-order valence-corrected chi connectivity index (χ1v) is 7.71. The Labute approximate surface area is 131 Å². The number of carbonyl (C=O) groups excluding carboxylic acids is 2. The maximum atomic E-state index is 12.4. The molecule has 0 aliphatic heterocycles. The van der Waals surface area contributed by atoms with Gasteiger partial charge in [-0.25, -0.2) is 0 Å². The highest BCUT2D eigenvalue weighted by Gasteiger charge is 2.33. The first kappa shape index (κ1) is 16.5. The molecule has 0 bridgehead atoms. The largest absolute Gasteiger partial charge is 0.388 e. The monoisotopic (exact) mass is 304 g/mol. The van der Waals surface area contributed by atoms with Crippen LogP contribution in [-0.4, -0.2) is 41.0 Å². The molecule has 0 aromatic heterocycles. The summed E-state index contributed by atoms with van der Waals surface area (Å²) in [4.78, 5) is 24.9. The smallest absolute Gasteiger partial charge is 0.253 e. The first-order valence-electron chi connectivity index (χ1n) is 7.71. The van der Waals surface area contributed by atoms with Gasteiger partial charge >= 0.3 is 0 Å². The second kappa shape index (κ2) is 6.92. The number of aliphatic hydroxyl groups is 1. The second-order valence-electron chi connectivity index (χ2n) is 6.20. The van der Waals surface area contributed by atoms with Crippen molar-refractivity contribution in [1.82, 2.24) is 10.2 Å². The predicted molar refractivity (Wildman–Crippen MR) is 84.3 cm³/mol. The van der Waals surface area contributed by atoms with Gasteiger partial charge in [0.05, 0.1) is 5.60 Å². The fourth-order valence-corrected chi connectivity index (χ4v) is 2.92. The van der Waals surface area contributed by atoms with E-state index in [1.165, 1.54) is 6.92 Å². The van der Waals surface area contributed by atoms with Crippen LogP contribution in [0.3, 0.4) is 0 Å². The van der Waals surface area contributed by atoms with Gasteiger partial charge in [0.1, 0.15) is 0 Å². The molecule has 0 atom stereocenters. The molecule has 5 heteroatoms. The number of likely N-dealkylation sites (N-methyl/N-ethyl adjacent to an activating group) is 1. The van der Waals surface area contributed by atoms with Crippen LogP contribution >= 0.6 is 0 Å². The normalized spacial score (nSPS) is 16.3. The molecule has 1 aliphatic carbocycles. The average molecular weight is 304 g/mol. The van der Waals surface area contributed by atoms with Crippen molar-refractivity contribution in [1.29, 1.82) is 0 Å². The summed E-state index contributed by atoms with van der Waals surface area (Å²) in [6.07, 6.45) is 3.58. The van der Waals surface area contributed by atoms with E-state index in [1.54, 1.807) is 24.1 Å². The molecule has 0 saturated heterocycles. The highest BCUT2D eigenvalue weighted by Crippen LogP contribution is 2.30. The number of nitrogens with one attached hydrogen (secondary N) is 1. The van der Waals surface area contributed by atoms with E-state index < -0.39 is 5.60 Å². The van der Waals surface area contributed by atoms with Crippen molar-refractivity contribution in [2.75, 3.05) is 13.6 Å². The third-order valence-corrected chi connectivity index (χ3v) is 4.15. The van der Waals surface area contributed by atoms with Gasteiger partial charge in [-0.1, -0.05) is 25.0 Å². The molecule has 5 nitrogen and oxygen atoms in total. The standard InChI is InChI=1S/C17H24N2O3/c1-13(20)18-11-14-5-7-15(8-6-14)16(21)19(2)12-17(22)9-3-4-10-17/h5-8,22H,3-4,9-12H2,1-2H3,(H,18,20). The number of nitrogens with zero attached hydrogens (tertiary/aromatic N) is 1. The lowest BCUT2D eigenvalue weighted by Gasteiger charge is -2.28. The molecular formula is C17H24N2O3. The Bertz CT molecular complexity index is 533. The lowest BCUT2D eigenvalue weighted by Crippen LogP contribution is -2.42. The Morgan fingerprint density at radius 3 is 2.36 bits per heavy atom. The minimum atomic E-state index is -0.726. The summed E-state index contributed by atoms with van der Waals surface area (Å²) >= 11 is 0. The molecule has 0 radical (unpaired) electrons. The number of carbonyl (C=O) groups is 2. The van der Waals surface area contributed by atoms with Gasteiger partial charge in [-0.15, -0.1) is 0 Å². The van der Waals surface area contributed by atoms with Gasteiger partial charge in [-0.05, 0) is 30.5 Å². The highest BCUT2D eigenvalue weighted by atomic mass is 16.3. The maximum absolute atomic E-state index is 12.4. The maximum Gasteiger partial charge on any atom is 0.253 e. The lowest BCUT2D eigenvalue weighted by molar-refractivity contribution is -0.119. The van der Waals surface area contributed by atoms with E-state index >= 15 is 0 Å². The SMILES string of the molecule is CC(=O)NCc1ccc(C(=O)N(C)CC2(O)CCCC2)cc1. The summed E-state index contributed by atoms with van der Waals surface area (Å²) in [6, 6.07) is 7.19. The molecule has 1 fully saturated rings. The Kier molecular flexibility index (Phi) is 5.19. The van der Waals surface area contributed by atoms with Gasteiger partial charge in [0, 0.05) is 32.6 Å². The Morgan fingerprint density at radius 1 is 1.23 bits per heavy atom. The van der Waals surface area contributed by atoms with Gasteiger partial charge in [0.2, 0.25) is 5.91 Å². The summed E-state index contributed by atoms with van der Waals surface area (Å²) in [7, 11) is 1.73. The lowest BCUT2D eigenvalue weighted by atomic mass is 10.0. The molecule has 120 valence electrons. The Hall–Kier alpha value is -1.88. The van der Waals surface area contributed by atoms with Crippen LogP contribution in [0.25, 0.3) is 0 Å². The second-order valence-corrected chi connectivity index (χ2v) is 6.20. The molecule has 1 aromatic rings. The highest BCUT2D eigenvalue weighted by molar-refractivity contribution is 5.94. The van der Waals surface area contributed by atoms with Gasteiger partial charge in [-0.3, -0.25) is 9.59 Å². The van der Waals surface area contributed by atoms with Crippen LogP contribution in [0.1, 0.15) is 48.5 Å². The van der Waals surface area contributed by atoms with Crippen molar-refractivity contribution >= 4 is 11.8 Å². The van der Waals surface area contributed by atoms with E-state index in [4.69, 9.17) is 0 Å². The minimum absolute atomic E-state index is 0.0790. The van der Waals surface area contributed by atoms with Crippen LogP contribution in [0.5, 0.6) is 0 Å². The van der Waals surface area contributed by atoms with Crippen LogP contribution in [0.4, 0.5) is 0 Å². The predicted octanol–water partition coefficient (Wildman–Crippen LogP) is 1.70. The van der Waals surface area contributed by atoms with Crippen molar-refractivity contribution in [3.8, 4) is 0 Å². The van der Waals surface area contributed by atoms with E-state index in [9.17, 15) is 14.7 Å². The van der Waals surface area contributed by atoms with Gasteiger partial charge in [0.15, 0.2) is 0 Å². The molecule has 22 heavy (non-hydrogen) atoms. The number of rotatable bonds is 5. The molecule has 2 amide bonds. The Morgan fingerprint density at radius 2 is 1.82 bits per heavy atom. The van der Waals surface area contributed by atoms with E-state index in [0.29, 0.717) is 18.7 Å². The molecule has 1 aromatic carbocycles. The zero-order chi connectivity index (χ0) is 16.2. The van der Waals surface area contributed by atoms with Gasteiger partial charge in [0.25, 0.3) is 5.91 Å². The third kappa shape index (κ3) is 4.31. The fraction of sp³-hybridized carbons (Fsp3) is 0.529. The number of amides is 2. The van der Waals surface area contributed by atoms with Crippen LogP contribution < -0.4 is 5.32 Å². The molecule has 0 heterocycles. The number of benzene rings is 1. The van der Waals surface area contributed by atoms with Crippen LogP contribution in [0, 0.1) is 0 Å². The van der Waals surface area contributed by atoms with E-state index in [2.05, 4.69) is 5.32 Å². The van der Waals surface area contributed by atoms with E-state index in [-0.39, 0.29) is 11.8 Å². The van der Waals surface area contributed by atoms with Crippen molar-refractivity contribution in [3.05, 3.63) is 35.4 Å². The molecule has 0 unspecified atom stereocenters. The molecule has 1 saturated carbocycles. The summed E-state index contributed by atoms with van der Waals surface area (Å²) in [5, 5.41) is 13.1. The first-order chi connectivity index (χ1) is 10.4. The van der Waals surface area contributed by atoms with Crippen molar-refractivity contribution in [2.45, 2.75) is 44.8 Å². The van der Waals surface area contributed by atoms with Gasteiger partial charge in [-0.2, -0.15) is 0 Å². The molecular weight excluding hydrogens is 280 g/mol. The summed E-state index contributed by atoms with van der Waals surface area (Å²) in [6.45, 7) is 2.31. The van der Waals surface area contributed by atoms with Gasteiger partial charge < -0.3 is 15.3 Å². The third-order valence-electron chi connectivity index (χ3n) is 4.15. The zero-order valence-electron chi connectivity index (χ0n) is 13.3. The minimum Gasteiger partial charge on any atom is -0.388 e. The number of hydrogen-bond acceptors (Lipinski definition) is 3. The van der Waals surface area contributed by atoms with Crippen molar-refractivity contribution < 1.29 is 14.7 Å². The Balaban J connectivity index is 1.95.